The van der Waals surface area contributed by atoms with E-state index in [0.29, 0.717) is 16.9 Å². The van der Waals surface area contributed by atoms with E-state index in [0.717, 1.165) is 94.2 Å². The van der Waals surface area contributed by atoms with Gasteiger partial charge in [-0.2, -0.15) is 5.26 Å². The molecule has 6 heteroatoms. The molecule has 67 heavy (non-hydrogen) atoms. The van der Waals surface area contributed by atoms with Crippen molar-refractivity contribution in [1.29, 1.82) is 5.26 Å². The molecule has 0 fully saturated rings. The van der Waals surface area contributed by atoms with E-state index in [-0.39, 0.29) is 11.1 Å². The zero-order valence-electron chi connectivity index (χ0n) is 35.8. The van der Waals surface area contributed by atoms with Crippen molar-refractivity contribution >= 4 is 43.6 Å². The van der Waals surface area contributed by atoms with Gasteiger partial charge in [0.25, 0.3) is 0 Å². The molecule has 0 bridgehead atoms. The predicted octanol–water partition coefficient (Wildman–Crippen LogP) is 16.5. The number of hydrogen-bond donors (Lipinski definition) is 0. The lowest BCUT2D eigenvalue weighted by Crippen LogP contribution is -2.06. The van der Waals surface area contributed by atoms with Gasteiger partial charge in [0, 0.05) is 27.1 Å². The summed E-state index contributed by atoms with van der Waals surface area (Å²) in [6, 6.07) is 74.1. The Morgan fingerprint density at radius 1 is 0.313 bits per heavy atom. The van der Waals surface area contributed by atoms with Gasteiger partial charge in [-0.1, -0.05) is 146 Å². The Hall–Kier alpha value is -8.92. The van der Waals surface area contributed by atoms with E-state index in [1.54, 1.807) is 12.1 Å². The van der Waals surface area contributed by atoms with Gasteiger partial charge < -0.3 is 9.13 Å². The molecule has 0 saturated heterocycles. The highest BCUT2D eigenvalue weighted by Crippen LogP contribution is 2.44. The number of halogens is 3. The summed E-state index contributed by atoms with van der Waals surface area (Å²) < 4.78 is 50.3. The van der Waals surface area contributed by atoms with Crippen molar-refractivity contribution < 1.29 is 13.2 Å². The van der Waals surface area contributed by atoms with E-state index in [2.05, 4.69) is 127 Å². The quantitative estimate of drug-likeness (QED) is 0.147. The second-order valence-corrected chi connectivity index (χ2v) is 16.8. The van der Waals surface area contributed by atoms with E-state index in [1.807, 2.05) is 81.9 Å². The molecule has 0 aliphatic rings. The van der Waals surface area contributed by atoms with Crippen molar-refractivity contribution in [2.24, 2.45) is 0 Å². The topological polar surface area (TPSA) is 33.6 Å². The van der Waals surface area contributed by atoms with Crippen LogP contribution in [0.5, 0.6) is 0 Å². The van der Waals surface area contributed by atoms with Gasteiger partial charge in [-0.05, 0) is 123 Å². The molecule has 0 unspecified atom stereocenters. The standard InChI is InChI=1S/C61H36F3N3/c62-53-26-25-47(60(63)61(53)64)46-35-58(66-54-27-21-42(38-13-5-1-6-14-38)31-48(54)49-32-43(22-28-55(49)66)39-15-7-2-8-16-39)52(37-65)59(36-46)67-56-29-23-44(40-17-9-3-10-18-40)33-50(56)51-34-45(24-30-57(51)67)41-19-11-4-12-20-41/h1-36H. The number of benzene rings is 10. The summed E-state index contributed by atoms with van der Waals surface area (Å²) in [5, 5.41) is 15.4. The van der Waals surface area contributed by atoms with Crippen molar-refractivity contribution in [2.75, 3.05) is 0 Å². The molecule has 0 N–H and O–H groups in total. The van der Waals surface area contributed by atoms with Crippen molar-refractivity contribution in [2.45, 2.75) is 0 Å². The highest BCUT2D eigenvalue weighted by molar-refractivity contribution is 6.14. The van der Waals surface area contributed by atoms with Crippen LogP contribution in [-0.2, 0) is 0 Å². The minimum atomic E-state index is -1.57. The lowest BCUT2D eigenvalue weighted by Gasteiger charge is -2.19. The molecule has 0 spiro atoms. The third-order valence-electron chi connectivity index (χ3n) is 13.0. The maximum atomic E-state index is 16.2. The Bertz CT molecular complexity index is 3530. The fourth-order valence-corrected chi connectivity index (χ4v) is 9.79. The Kier molecular flexibility index (Phi) is 9.44. The Morgan fingerprint density at radius 2 is 0.642 bits per heavy atom. The molecule has 316 valence electrons. The molecular weight excluding hydrogens is 832 g/mol. The molecule has 0 radical (unpaired) electrons. The highest BCUT2D eigenvalue weighted by Gasteiger charge is 2.25. The minimum Gasteiger partial charge on any atom is -0.308 e. The summed E-state index contributed by atoms with van der Waals surface area (Å²) in [6.45, 7) is 0. The van der Waals surface area contributed by atoms with Crippen molar-refractivity contribution in [1.82, 2.24) is 9.13 Å². The minimum absolute atomic E-state index is 0.136. The predicted molar refractivity (Wildman–Crippen MR) is 267 cm³/mol. The van der Waals surface area contributed by atoms with Gasteiger partial charge in [-0.15, -0.1) is 0 Å². The molecule has 0 aliphatic heterocycles. The Morgan fingerprint density at radius 3 is 0.955 bits per heavy atom. The van der Waals surface area contributed by atoms with Crippen LogP contribution in [0.4, 0.5) is 13.2 Å². The zero-order chi connectivity index (χ0) is 45.2. The second kappa shape index (κ2) is 16.0. The summed E-state index contributed by atoms with van der Waals surface area (Å²) in [5.41, 5.74) is 12.9. The van der Waals surface area contributed by atoms with E-state index in [9.17, 15) is 9.65 Å². The van der Waals surface area contributed by atoms with Crippen LogP contribution in [0, 0.1) is 28.8 Å². The molecule has 2 aromatic heterocycles. The highest BCUT2D eigenvalue weighted by atomic mass is 19.2. The first-order valence-corrected chi connectivity index (χ1v) is 22.0. The molecule has 12 rings (SSSR count). The number of fused-ring (bicyclic) bond motifs is 6. The number of rotatable bonds is 7. The van der Waals surface area contributed by atoms with Crippen molar-refractivity contribution in [3.05, 3.63) is 241 Å². The maximum Gasteiger partial charge on any atom is 0.195 e. The molecule has 0 aliphatic carbocycles. The second-order valence-electron chi connectivity index (χ2n) is 16.8. The van der Waals surface area contributed by atoms with Crippen LogP contribution in [0.3, 0.4) is 0 Å². The van der Waals surface area contributed by atoms with Crippen LogP contribution in [0.25, 0.3) is 111 Å². The van der Waals surface area contributed by atoms with Crippen LogP contribution in [0.15, 0.2) is 218 Å². The monoisotopic (exact) mass is 867 g/mol. The van der Waals surface area contributed by atoms with Gasteiger partial charge in [0.1, 0.15) is 11.6 Å². The van der Waals surface area contributed by atoms with E-state index in [1.165, 1.54) is 6.07 Å². The molecule has 2 heterocycles. The van der Waals surface area contributed by atoms with Crippen molar-refractivity contribution in [3.8, 4) is 73.1 Å². The molecule has 0 amide bonds. The molecule has 10 aromatic carbocycles. The first-order valence-electron chi connectivity index (χ1n) is 22.0. The average Bonchev–Trinajstić information content (AvgIpc) is 3.89. The van der Waals surface area contributed by atoms with Gasteiger partial charge in [0.05, 0.1) is 33.4 Å². The summed E-state index contributed by atoms with van der Waals surface area (Å²) in [4.78, 5) is 0. The van der Waals surface area contributed by atoms with E-state index in [4.69, 9.17) is 0 Å². The summed E-state index contributed by atoms with van der Waals surface area (Å²) >= 11 is 0. The third-order valence-corrected chi connectivity index (χ3v) is 13.0. The Balaban J connectivity index is 1.20. The van der Waals surface area contributed by atoms with Crippen LogP contribution >= 0.6 is 0 Å². The van der Waals surface area contributed by atoms with Gasteiger partial charge in [-0.3, -0.25) is 0 Å². The molecule has 0 saturated carbocycles. The van der Waals surface area contributed by atoms with Gasteiger partial charge in [-0.25, -0.2) is 13.2 Å². The smallest absolute Gasteiger partial charge is 0.195 e. The third kappa shape index (κ3) is 6.59. The number of nitrogens with zero attached hydrogens (tertiary/aromatic N) is 3. The largest absolute Gasteiger partial charge is 0.308 e. The fourth-order valence-electron chi connectivity index (χ4n) is 9.79. The number of nitriles is 1. The van der Waals surface area contributed by atoms with Crippen LogP contribution in [0.2, 0.25) is 0 Å². The van der Waals surface area contributed by atoms with Crippen LogP contribution < -0.4 is 0 Å². The molecule has 12 aromatic rings. The number of aromatic nitrogens is 2. The molecule has 0 atom stereocenters. The summed E-state index contributed by atoms with van der Waals surface area (Å²) in [7, 11) is 0. The SMILES string of the molecule is N#Cc1c(-n2c3ccc(-c4ccccc4)cc3c3cc(-c4ccccc4)ccc32)cc(-c2ccc(F)c(F)c2F)cc1-n1c2ccc(-c3ccccc3)cc2c2cc(-c3ccccc3)ccc21. The summed E-state index contributed by atoms with van der Waals surface area (Å²) in [6.07, 6.45) is 0. The lowest BCUT2D eigenvalue weighted by molar-refractivity contribution is 0.449. The zero-order valence-corrected chi connectivity index (χ0v) is 35.8. The van der Waals surface area contributed by atoms with Crippen molar-refractivity contribution in [3.63, 3.8) is 0 Å². The first-order chi connectivity index (χ1) is 32.9. The fraction of sp³-hybridized carbons (Fsp3) is 0. The Labute approximate surface area is 384 Å². The average molecular weight is 868 g/mol. The van der Waals surface area contributed by atoms with E-state index < -0.39 is 17.5 Å². The van der Waals surface area contributed by atoms with Gasteiger partial charge in [0.2, 0.25) is 0 Å². The first kappa shape index (κ1) is 39.7. The van der Waals surface area contributed by atoms with Gasteiger partial charge in [0.15, 0.2) is 17.5 Å². The van der Waals surface area contributed by atoms with Crippen LogP contribution in [-0.4, -0.2) is 9.13 Å². The van der Waals surface area contributed by atoms with E-state index >= 15 is 8.78 Å². The normalized spacial score (nSPS) is 11.5. The van der Waals surface area contributed by atoms with Gasteiger partial charge >= 0.3 is 0 Å². The summed E-state index contributed by atoms with van der Waals surface area (Å²) in [5.74, 6) is -4.17. The maximum absolute atomic E-state index is 16.2. The van der Waals surface area contributed by atoms with Crippen LogP contribution in [0.1, 0.15) is 5.56 Å². The lowest BCUT2D eigenvalue weighted by atomic mass is 9.99. The number of hydrogen-bond acceptors (Lipinski definition) is 1. The molecule has 3 nitrogen and oxygen atoms in total. The molecular formula is C61H36F3N3.